The smallest absolute Gasteiger partial charge is 0.257 e. The Labute approximate surface area is 108 Å². The van der Waals surface area contributed by atoms with E-state index in [4.69, 9.17) is 4.74 Å². The van der Waals surface area contributed by atoms with Crippen LogP contribution in [-0.2, 0) is 11.2 Å². The molecule has 1 aromatic rings. The molecule has 1 heterocycles. The molecule has 2 N–H and O–H groups in total. The fourth-order valence-electron chi connectivity index (χ4n) is 2.15. The first kappa shape index (κ1) is 12.7. The van der Waals surface area contributed by atoms with E-state index in [9.17, 15) is 4.79 Å². The van der Waals surface area contributed by atoms with Crippen LogP contribution in [0.3, 0.4) is 0 Å². The Morgan fingerprint density at radius 1 is 1.56 bits per heavy atom. The van der Waals surface area contributed by atoms with Crippen molar-refractivity contribution in [2.75, 3.05) is 18.5 Å². The summed E-state index contributed by atoms with van der Waals surface area (Å²) in [5, 5.41) is 6.15. The molecule has 0 saturated heterocycles. The lowest BCUT2D eigenvalue weighted by Crippen LogP contribution is -2.29. The van der Waals surface area contributed by atoms with Crippen molar-refractivity contribution >= 4 is 11.6 Å². The number of aryl methyl sites for hydroxylation is 1. The Balaban J connectivity index is 2.07. The lowest BCUT2D eigenvalue weighted by atomic mass is 9.98. The minimum absolute atomic E-state index is 0.0698. The van der Waals surface area contributed by atoms with Gasteiger partial charge in [0.25, 0.3) is 5.91 Å². The van der Waals surface area contributed by atoms with Gasteiger partial charge in [-0.1, -0.05) is 12.1 Å². The van der Waals surface area contributed by atoms with Crippen LogP contribution in [0, 0.1) is 0 Å². The van der Waals surface area contributed by atoms with Crippen molar-refractivity contribution in [2.24, 2.45) is 0 Å². The lowest BCUT2D eigenvalue weighted by Gasteiger charge is -2.26. The van der Waals surface area contributed by atoms with Crippen molar-refractivity contribution in [1.29, 1.82) is 0 Å². The van der Waals surface area contributed by atoms with Gasteiger partial charge in [0.1, 0.15) is 5.75 Å². The molecule has 1 aromatic carbocycles. The van der Waals surface area contributed by atoms with Crippen LogP contribution in [0.4, 0.5) is 5.69 Å². The molecule has 0 saturated carbocycles. The number of nitrogens with one attached hydrogen (secondary N) is 2. The maximum Gasteiger partial charge on any atom is 0.257 e. The molecule has 0 aromatic heterocycles. The van der Waals surface area contributed by atoms with Crippen molar-refractivity contribution in [3.05, 3.63) is 23.8 Å². The minimum Gasteiger partial charge on any atom is -0.482 e. The SMILES string of the molecule is CCNC(=O)COc1cccc2c1NC(C)CC2. The number of likely N-dealkylation sites (N-methyl/N-ethyl adjacent to an activating group) is 1. The van der Waals surface area contributed by atoms with Crippen LogP contribution in [0.2, 0.25) is 0 Å². The molecule has 1 aliphatic rings. The van der Waals surface area contributed by atoms with Gasteiger partial charge in [-0.15, -0.1) is 0 Å². The van der Waals surface area contributed by atoms with Gasteiger partial charge in [0.05, 0.1) is 5.69 Å². The van der Waals surface area contributed by atoms with Gasteiger partial charge in [-0.3, -0.25) is 4.79 Å². The fourth-order valence-corrected chi connectivity index (χ4v) is 2.15. The zero-order chi connectivity index (χ0) is 13.0. The Kier molecular flexibility index (Phi) is 4.07. The highest BCUT2D eigenvalue weighted by Crippen LogP contribution is 2.33. The average molecular weight is 248 g/mol. The molecule has 2 rings (SSSR count). The van der Waals surface area contributed by atoms with E-state index in [0.29, 0.717) is 12.6 Å². The largest absolute Gasteiger partial charge is 0.482 e. The quantitative estimate of drug-likeness (QED) is 0.856. The van der Waals surface area contributed by atoms with Crippen LogP contribution in [0.15, 0.2) is 18.2 Å². The molecular formula is C14H20N2O2. The molecule has 18 heavy (non-hydrogen) atoms. The van der Waals surface area contributed by atoms with Gasteiger partial charge < -0.3 is 15.4 Å². The first-order chi connectivity index (χ1) is 8.70. The number of ether oxygens (including phenoxy) is 1. The number of carbonyl (C=O) groups is 1. The van der Waals surface area contributed by atoms with Gasteiger partial charge in [-0.2, -0.15) is 0 Å². The summed E-state index contributed by atoms with van der Waals surface area (Å²) in [5.74, 6) is 0.685. The van der Waals surface area contributed by atoms with Gasteiger partial charge in [0, 0.05) is 12.6 Å². The van der Waals surface area contributed by atoms with E-state index in [1.54, 1.807) is 0 Å². The minimum atomic E-state index is -0.0843. The van der Waals surface area contributed by atoms with Crippen molar-refractivity contribution in [3.8, 4) is 5.75 Å². The summed E-state index contributed by atoms with van der Waals surface area (Å²) in [6.07, 6.45) is 2.19. The number of anilines is 1. The zero-order valence-corrected chi connectivity index (χ0v) is 11.0. The summed E-state index contributed by atoms with van der Waals surface area (Å²) >= 11 is 0. The number of benzene rings is 1. The Bertz CT molecular complexity index is 432. The van der Waals surface area contributed by atoms with Crippen molar-refractivity contribution in [1.82, 2.24) is 5.32 Å². The van der Waals surface area contributed by atoms with E-state index in [1.165, 1.54) is 5.56 Å². The summed E-state index contributed by atoms with van der Waals surface area (Å²) in [5.41, 5.74) is 2.31. The monoisotopic (exact) mass is 248 g/mol. The molecule has 0 fully saturated rings. The third kappa shape index (κ3) is 2.94. The van der Waals surface area contributed by atoms with E-state index in [2.05, 4.69) is 23.6 Å². The van der Waals surface area contributed by atoms with Gasteiger partial charge in [-0.25, -0.2) is 0 Å². The highest BCUT2D eigenvalue weighted by Gasteiger charge is 2.18. The summed E-state index contributed by atoms with van der Waals surface area (Å²) in [7, 11) is 0. The van der Waals surface area contributed by atoms with E-state index in [1.807, 2.05) is 19.1 Å². The molecule has 0 radical (unpaired) electrons. The molecule has 1 aliphatic heterocycles. The molecule has 4 nitrogen and oxygen atoms in total. The van der Waals surface area contributed by atoms with Crippen molar-refractivity contribution in [3.63, 3.8) is 0 Å². The molecule has 0 aliphatic carbocycles. The zero-order valence-electron chi connectivity index (χ0n) is 11.0. The Morgan fingerprint density at radius 2 is 2.39 bits per heavy atom. The second kappa shape index (κ2) is 5.76. The molecule has 4 heteroatoms. The number of amides is 1. The van der Waals surface area contributed by atoms with Gasteiger partial charge in [0.2, 0.25) is 0 Å². The highest BCUT2D eigenvalue weighted by molar-refractivity contribution is 5.77. The maximum atomic E-state index is 11.4. The summed E-state index contributed by atoms with van der Waals surface area (Å²) in [4.78, 5) is 11.4. The predicted molar refractivity (Wildman–Crippen MR) is 72.0 cm³/mol. The topological polar surface area (TPSA) is 50.4 Å². The normalized spacial score (nSPS) is 17.6. The average Bonchev–Trinajstić information content (AvgIpc) is 2.36. The molecule has 1 unspecified atom stereocenters. The van der Waals surface area contributed by atoms with Crippen molar-refractivity contribution in [2.45, 2.75) is 32.7 Å². The van der Waals surface area contributed by atoms with E-state index in [-0.39, 0.29) is 12.5 Å². The van der Waals surface area contributed by atoms with Gasteiger partial charge in [-0.05, 0) is 38.3 Å². The maximum absolute atomic E-state index is 11.4. The van der Waals surface area contributed by atoms with Gasteiger partial charge >= 0.3 is 0 Å². The van der Waals surface area contributed by atoms with E-state index >= 15 is 0 Å². The first-order valence-electron chi connectivity index (χ1n) is 6.48. The standard InChI is InChI=1S/C14H20N2O2/c1-3-15-13(17)9-18-12-6-4-5-11-8-7-10(2)16-14(11)12/h4-6,10,16H,3,7-9H2,1-2H3,(H,15,17). The third-order valence-electron chi connectivity index (χ3n) is 3.08. The second-order valence-electron chi connectivity index (χ2n) is 4.62. The molecule has 1 atom stereocenters. The number of fused-ring (bicyclic) bond motifs is 1. The Morgan fingerprint density at radius 3 is 3.17 bits per heavy atom. The number of para-hydroxylation sites is 1. The third-order valence-corrected chi connectivity index (χ3v) is 3.08. The van der Waals surface area contributed by atoms with Crippen LogP contribution < -0.4 is 15.4 Å². The number of hydrogen-bond acceptors (Lipinski definition) is 3. The predicted octanol–water partition coefficient (Wildman–Crippen LogP) is 1.95. The van der Waals surface area contributed by atoms with E-state index in [0.717, 1.165) is 24.3 Å². The summed E-state index contributed by atoms with van der Waals surface area (Å²) in [6.45, 7) is 4.75. The molecule has 98 valence electrons. The van der Waals surface area contributed by atoms with E-state index < -0.39 is 0 Å². The first-order valence-corrected chi connectivity index (χ1v) is 6.48. The van der Waals surface area contributed by atoms with Crippen molar-refractivity contribution < 1.29 is 9.53 Å². The summed E-state index contributed by atoms with van der Waals surface area (Å²) in [6, 6.07) is 6.44. The molecule has 0 spiro atoms. The van der Waals surface area contributed by atoms with Crippen LogP contribution >= 0.6 is 0 Å². The Hall–Kier alpha value is -1.71. The van der Waals surface area contributed by atoms with Gasteiger partial charge in [0.15, 0.2) is 6.61 Å². The molecule has 1 amide bonds. The number of rotatable bonds is 4. The van der Waals surface area contributed by atoms with Crippen LogP contribution in [0.1, 0.15) is 25.8 Å². The highest BCUT2D eigenvalue weighted by atomic mass is 16.5. The second-order valence-corrected chi connectivity index (χ2v) is 4.62. The molecule has 0 bridgehead atoms. The fraction of sp³-hybridized carbons (Fsp3) is 0.500. The molecular weight excluding hydrogens is 228 g/mol. The number of carbonyl (C=O) groups excluding carboxylic acids is 1. The van der Waals surface area contributed by atoms with Crippen LogP contribution in [0.5, 0.6) is 5.75 Å². The van der Waals surface area contributed by atoms with Crippen LogP contribution in [-0.4, -0.2) is 25.1 Å². The van der Waals surface area contributed by atoms with Crippen LogP contribution in [0.25, 0.3) is 0 Å². The number of hydrogen-bond donors (Lipinski definition) is 2. The lowest BCUT2D eigenvalue weighted by molar-refractivity contribution is -0.122. The summed E-state index contributed by atoms with van der Waals surface area (Å²) < 4.78 is 5.59.